The minimum atomic E-state index is 0.498. The summed E-state index contributed by atoms with van der Waals surface area (Å²) < 4.78 is 10.8. The quantitative estimate of drug-likeness (QED) is 0.704. The van der Waals surface area contributed by atoms with Crippen molar-refractivity contribution in [1.29, 1.82) is 0 Å². The zero-order chi connectivity index (χ0) is 10.3. The molecule has 0 atom stereocenters. The molecule has 0 radical (unpaired) electrons. The smallest absolute Gasteiger partial charge is 0.259 e. The molecule has 0 saturated carbocycles. The second-order valence-corrected chi connectivity index (χ2v) is 3.37. The summed E-state index contributed by atoms with van der Waals surface area (Å²) in [5.74, 6) is 1.07. The zero-order valence-electron chi connectivity index (χ0n) is 8.06. The van der Waals surface area contributed by atoms with E-state index < -0.39 is 0 Å². The van der Waals surface area contributed by atoms with Crippen molar-refractivity contribution in [2.24, 2.45) is 0 Å². The number of anilines is 1. The third kappa shape index (κ3) is 1.18. The Morgan fingerprint density at radius 2 is 1.93 bits per heavy atom. The number of benzene rings is 1. The van der Waals surface area contributed by atoms with Gasteiger partial charge in [-0.3, -0.25) is 0 Å². The van der Waals surface area contributed by atoms with Gasteiger partial charge in [-0.05, 0) is 6.07 Å². The monoisotopic (exact) mass is 202 g/mol. The Morgan fingerprint density at radius 1 is 1.13 bits per heavy atom. The SMILES string of the molecule is Nc1c2c(nc3ccccc13)OCCO2. The number of pyridine rings is 1. The summed E-state index contributed by atoms with van der Waals surface area (Å²) in [6.07, 6.45) is 0. The Labute approximate surface area is 86.6 Å². The van der Waals surface area contributed by atoms with Crippen molar-refractivity contribution < 1.29 is 9.47 Å². The molecule has 1 aliphatic rings. The van der Waals surface area contributed by atoms with Gasteiger partial charge in [0.25, 0.3) is 5.88 Å². The standard InChI is InChI=1S/C11H10N2O2/c12-9-7-3-1-2-4-8(7)13-11-10(9)14-5-6-15-11/h1-4H,5-6H2,(H2,12,13). The normalized spacial score (nSPS) is 14.1. The van der Waals surface area contributed by atoms with Gasteiger partial charge in [0.05, 0.1) is 11.2 Å². The van der Waals surface area contributed by atoms with Crippen LogP contribution in [0, 0.1) is 0 Å². The molecule has 0 amide bonds. The van der Waals surface area contributed by atoms with E-state index in [1.165, 1.54) is 0 Å². The van der Waals surface area contributed by atoms with E-state index in [9.17, 15) is 0 Å². The lowest BCUT2D eigenvalue weighted by Gasteiger charge is -2.19. The maximum absolute atomic E-state index is 5.99. The number of fused-ring (bicyclic) bond motifs is 2. The molecule has 1 aromatic heterocycles. The largest absolute Gasteiger partial charge is 0.483 e. The predicted molar refractivity (Wildman–Crippen MR) is 57.1 cm³/mol. The molecular formula is C11H10N2O2. The number of para-hydroxylation sites is 1. The topological polar surface area (TPSA) is 57.4 Å². The highest BCUT2D eigenvalue weighted by atomic mass is 16.6. The molecule has 0 unspecified atom stereocenters. The van der Waals surface area contributed by atoms with Crippen LogP contribution in [0.5, 0.6) is 11.6 Å². The Kier molecular flexibility index (Phi) is 1.68. The summed E-state index contributed by atoms with van der Waals surface area (Å²) in [5.41, 5.74) is 7.43. The van der Waals surface area contributed by atoms with Gasteiger partial charge in [0.1, 0.15) is 13.2 Å². The molecule has 15 heavy (non-hydrogen) atoms. The molecule has 0 bridgehead atoms. The van der Waals surface area contributed by atoms with Gasteiger partial charge in [0, 0.05) is 5.39 Å². The van der Waals surface area contributed by atoms with Gasteiger partial charge < -0.3 is 15.2 Å². The number of hydrogen-bond acceptors (Lipinski definition) is 4. The van der Waals surface area contributed by atoms with Gasteiger partial charge in [-0.1, -0.05) is 18.2 Å². The van der Waals surface area contributed by atoms with E-state index in [4.69, 9.17) is 15.2 Å². The average Bonchev–Trinajstić information content (AvgIpc) is 2.30. The van der Waals surface area contributed by atoms with Crippen LogP contribution in [-0.4, -0.2) is 18.2 Å². The second kappa shape index (κ2) is 3.02. The van der Waals surface area contributed by atoms with Crippen molar-refractivity contribution >= 4 is 16.6 Å². The Morgan fingerprint density at radius 3 is 2.87 bits per heavy atom. The van der Waals surface area contributed by atoms with Crippen LogP contribution in [0.1, 0.15) is 0 Å². The van der Waals surface area contributed by atoms with Gasteiger partial charge in [0.15, 0.2) is 0 Å². The predicted octanol–water partition coefficient (Wildman–Crippen LogP) is 1.59. The van der Waals surface area contributed by atoms with E-state index in [1.54, 1.807) is 0 Å². The van der Waals surface area contributed by atoms with Crippen LogP contribution in [0.2, 0.25) is 0 Å². The molecule has 0 spiro atoms. The summed E-state index contributed by atoms with van der Waals surface area (Å²) in [7, 11) is 0. The molecule has 4 nitrogen and oxygen atoms in total. The fourth-order valence-corrected chi connectivity index (χ4v) is 1.72. The van der Waals surface area contributed by atoms with Gasteiger partial charge in [-0.2, -0.15) is 0 Å². The van der Waals surface area contributed by atoms with Crippen LogP contribution in [-0.2, 0) is 0 Å². The molecule has 2 aromatic rings. The number of hydrogen-bond donors (Lipinski definition) is 1. The number of rotatable bonds is 0. The highest BCUT2D eigenvalue weighted by Gasteiger charge is 2.18. The number of nitrogens with zero attached hydrogens (tertiary/aromatic N) is 1. The Hall–Kier alpha value is -1.97. The van der Waals surface area contributed by atoms with Gasteiger partial charge in [-0.25, -0.2) is 4.98 Å². The summed E-state index contributed by atoms with van der Waals surface area (Å²) in [6.45, 7) is 1.05. The fourth-order valence-electron chi connectivity index (χ4n) is 1.72. The van der Waals surface area contributed by atoms with Crippen LogP contribution in [0.15, 0.2) is 24.3 Å². The van der Waals surface area contributed by atoms with Crippen molar-refractivity contribution in [2.75, 3.05) is 18.9 Å². The Balaban J connectivity index is 2.36. The van der Waals surface area contributed by atoms with Crippen molar-refractivity contribution in [3.63, 3.8) is 0 Å². The lowest BCUT2D eigenvalue weighted by molar-refractivity contribution is 0.166. The molecule has 0 aliphatic carbocycles. The second-order valence-electron chi connectivity index (χ2n) is 3.37. The van der Waals surface area contributed by atoms with E-state index in [-0.39, 0.29) is 0 Å². The Bertz CT molecular complexity index is 525. The van der Waals surface area contributed by atoms with Gasteiger partial charge in [0.2, 0.25) is 5.75 Å². The number of nitrogens with two attached hydrogens (primary N) is 1. The molecule has 0 fully saturated rings. The van der Waals surface area contributed by atoms with Gasteiger partial charge in [-0.15, -0.1) is 0 Å². The zero-order valence-corrected chi connectivity index (χ0v) is 8.06. The fraction of sp³-hybridized carbons (Fsp3) is 0.182. The molecule has 3 rings (SSSR count). The van der Waals surface area contributed by atoms with Crippen molar-refractivity contribution in [3.8, 4) is 11.6 Å². The molecule has 0 saturated heterocycles. The molecule has 4 heteroatoms. The van der Waals surface area contributed by atoms with E-state index in [0.717, 1.165) is 10.9 Å². The molecule has 2 heterocycles. The average molecular weight is 202 g/mol. The van der Waals surface area contributed by atoms with Crippen LogP contribution in [0.3, 0.4) is 0 Å². The summed E-state index contributed by atoms with van der Waals surface area (Å²) in [5, 5.41) is 0.904. The number of nitrogen functional groups attached to an aromatic ring is 1. The minimum Gasteiger partial charge on any atom is -0.483 e. The van der Waals surface area contributed by atoms with Crippen LogP contribution in [0.4, 0.5) is 5.69 Å². The van der Waals surface area contributed by atoms with Gasteiger partial charge >= 0.3 is 0 Å². The van der Waals surface area contributed by atoms with E-state index in [2.05, 4.69) is 4.98 Å². The maximum Gasteiger partial charge on any atom is 0.259 e. The first-order valence-electron chi connectivity index (χ1n) is 4.80. The molecule has 1 aromatic carbocycles. The molecular weight excluding hydrogens is 192 g/mol. The highest BCUT2D eigenvalue weighted by molar-refractivity contribution is 5.94. The van der Waals surface area contributed by atoms with Crippen molar-refractivity contribution in [2.45, 2.75) is 0 Å². The summed E-state index contributed by atoms with van der Waals surface area (Å²) >= 11 is 0. The molecule has 1 aliphatic heterocycles. The molecule has 76 valence electrons. The van der Waals surface area contributed by atoms with Crippen LogP contribution < -0.4 is 15.2 Å². The highest BCUT2D eigenvalue weighted by Crippen LogP contribution is 2.38. The van der Waals surface area contributed by atoms with E-state index in [1.807, 2.05) is 24.3 Å². The van der Waals surface area contributed by atoms with Crippen LogP contribution >= 0.6 is 0 Å². The van der Waals surface area contributed by atoms with Crippen molar-refractivity contribution in [1.82, 2.24) is 4.98 Å². The summed E-state index contributed by atoms with van der Waals surface area (Å²) in [6, 6.07) is 7.68. The first-order valence-corrected chi connectivity index (χ1v) is 4.80. The third-order valence-corrected chi connectivity index (χ3v) is 2.42. The first kappa shape index (κ1) is 8.35. The van der Waals surface area contributed by atoms with E-state index in [0.29, 0.717) is 30.5 Å². The molecule has 2 N–H and O–H groups in total. The number of aromatic nitrogens is 1. The van der Waals surface area contributed by atoms with Crippen molar-refractivity contribution in [3.05, 3.63) is 24.3 Å². The first-order chi connectivity index (χ1) is 7.36. The third-order valence-electron chi connectivity index (χ3n) is 2.42. The maximum atomic E-state index is 5.99. The summed E-state index contributed by atoms with van der Waals surface area (Å²) in [4.78, 5) is 4.35. The lowest BCUT2D eigenvalue weighted by atomic mass is 10.2. The van der Waals surface area contributed by atoms with E-state index >= 15 is 0 Å². The lowest BCUT2D eigenvalue weighted by Crippen LogP contribution is -2.17. The number of ether oxygens (including phenoxy) is 2. The van der Waals surface area contributed by atoms with Crippen LogP contribution in [0.25, 0.3) is 10.9 Å². The minimum absolute atomic E-state index is 0.498.